The number of hydrogen-bond acceptors (Lipinski definition) is 7. The first-order chi connectivity index (χ1) is 15.5. The number of hydrogen-bond donors (Lipinski definition) is 1. The van der Waals surface area contributed by atoms with Gasteiger partial charge in [-0.3, -0.25) is 4.90 Å². The molecule has 8 nitrogen and oxygen atoms in total. The van der Waals surface area contributed by atoms with Crippen molar-refractivity contribution in [2.75, 3.05) is 57.8 Å². The lowest BCUT2D eigenvalue weighted by Crippen LogP contribution is -2.37. The van der Waals surface area contributed by atoms with Gasteiger partial charge in [0.25, 0.3) is 0 Å². The molecule has 2 aromatic rings. The first-order valence-corrected chi connectivity index (χ1v) is 13.0. The monoisotopic (exact) mass is 459 g/mol. The van der Waals surface area contributed by atoms with E-state index in [2.05, 4.69) is 20.4 Å². The Kier molecular flexibility index (Phi) is 7.72. The van der Waals surface area contributed by atoms with Crippen LogP contribution in [0, 0.1) is 6.92 Å². The van der Waals surface area contributed by atoms with E-state index in [1.54, 1.807) is 10.4 Å². The Morgan fingerprint density at radius 3 is 2.50 bits per heavy atom. The summed E-state index contributed by atoms with van der Waals surface area (Å²) in [6, 6.07) is 9.28. The van der Waals surface area contributed by atoms with Crippen molar-refractivity contribution >= 4 is 15.8 Å². The second-order valence-corrected chi connectivity index (χ2v) is 10.4. The van der Waals surface area contributed by atoms with Crippen LogP contribution in [-0.4, -0.2) is 80.3 Å². The van der Waals surface area contributed by atoms with Crippen LogP contribution in [0.4, 0.5) is 5.82 Å². The van der Waals surface area contributed by atoms with Gasteiger partial charge in [0, 0.05) is 38.3 Å². The lowest BCUT2D eigenvalue weighted by Gasteiger charge is -2.26. The number of rotatable bonds is 8. The second-order valence-electron chi connectivity index (χ2n) is 8.48. The van der Waals surface area contributed by atoms with Gasteiger partial charge in [-0.05, 0) is 56.5 Å². The highest BCUT2D eigenvalue weighted by Crippen LogP contribution is 2.28. The zero-order valence-corrected chi connectivity index (χ0v) is 19.6. The molecule has 2 saturated heterocycles. The summed E-state index contributed by atoms with van der Waals surface area (Å²) in [4.78, 5) is 2.77. The van der Waals surface area contributed by atoms with Gasteiger partial charge in [-0.25, -0.2) is 8.42 Å². The van der Waals surface area contributed by atoms with Crippen molar-refractivity contribution in [2.24, 2.45) is 0 Å². The van der Waals surface area contributed by atoms with E-state index in [-0.39, 0.29) is 0 Å². The molecular formula is C23H33N5O3S. The maximum atomic E-state index is 13.2. The molecule has 2 aliphatic heterocycles. The molecule has 0 radical (unpaired) electrons. The van der Waals surface area contributed by atoms with E-state index < -0.39 is 10.0 Å². The molecule has 1 aromatic carbocycles. The van der Waals surface area contributed by atoms with Crippen LogP contribution in [0.3, 0.4) is 0 Å². The maximum Gasteiger partial charge on any atom is 0.243 e. The molecule has 0 bridgehead atoms. The van der Waals surface area contributed by atoms with Gasteiger partial charge in [0.1, 0.15) is 5.82 Å². The molecule has 1 aromatic heterocycles. The standard InChI is InChI=1S/C23H33N5O3S/c1-19-6-7-20(18-22(19)32(29,30)28-12-3-2-4-13-28)21-8-9-23(26-25-21)24-10-5-11-27-14-16-31-17-15-27/h6-9,18H,2-5,10-17H2,1H3,(H,24,26). The third kappa shape index (κ3) is 5.64. The van der Waals surface area contributed by atoms with E-state index in [4.69, 9.17) is 4.74 Å². The van der Waals surface area contributed by atoms with Crippen molar-refractivity contribution in [2.45, 2.75) is 37.5 Å². The van der Waals surface area contributed by atoms with Gasteiger partial charge in [0.2, 0.25) is 10.0 Å². The number of sulfonamides is 1. The minimum atomic E-state index is -3.49. The van der Waals surface area contributed by atoms with Crippen molar-refractivity contribution in [3.05, 3.63) is 35.9 Å². The normalized spacial score (nSPS) is 18.5. The number of aryl methyl sites for hydroxylation is 1. The second kappa shape index (κ2) is 10.7. The van der Waals surface area contributed by atoms with Gasteiger partial charge in [-0.15, -0.1) is 10.2 Å². The number of benzene rings is 1. The van der Waals surface area contributed by atoms with E-state index in [9.17, 15) is 8.42 Å². The van der Waals surface area contributed by atoms with Crippen molar-refractivity contribution < 1.29 is 13.2 Å². The molecule has 1 N–H and O–H groups in total. The number of morpholine rings is 1. The highest BCUT2D eigenvalue weighted by molar-refractivity contribution is 7.89. The summed E-state index contributed by atoms with van der Waals surface area (Å²) >= 11 is 0. The lowest BCUT2D eigenvalue weighted by atomic mass is 10.1. The Balaban J connectivity index is 1.38. The van der Waals surface area contributed by atoms with Gasteiger partial charge >= 0.3 is 0 Å². The van der Waals surface area contributed by atoms with E-state index >= 15 is 0 Å². The third-order valence-corrected chi connectivity index (χ3v) is 8.18. The number of nitrogens with zero attached hydrogens (tertiary/aromatic N) is 4. The van der Waals surface area contributed by atoms with E-state index in [0.29, 0.717) is 23.7 Å². The summed E-state index contributed by atoms with van der Waals surface area (Å²) in [6.07, 6.45) is 3.96. The Morgan fingerprint density at radius 2 is 1.78 bits per heavy atom. The fourth-order valence-electron chi connectivity index (χ4n) is 4.21. The third-order valence-electron chi connectivity index (χ3n) is 6.14. The summed E-state index contributed by atoms with van der Waals surface area (Å²) < 4.78 is 33.3. The molecule has 0 amide bonds. The summed E-state index contributed by atoms with van der Waals surface area (Å²) in [5, 5.41) is 11.9. The van der Waals surface area contributed by atoms with Crippen LogP contribution < -0.4 is 5.32 Å². The van der Waals surface area contributed by atoms with Crippen molar-refractivity contribution in [1.82, 2.24) is 19.4 Å². The molecule has 9 heteroatoms. The minimum absolute atomic E-state index is 0.365. The first kappa shape index (κ1) is 23.1. The average molecular weight is 460 g/mol. The van der Waals surface area contributed by atoms with Gasteiger partial charge < -0.3 is 10.1 Å². The van der Waals surface area contributed by atoms with Gasteiger partial charge in [-0.2, -0.15) is 4.31 Å². The number of aromatic nitrogens is 2. The molecule has 4 rings (SSSR count). The average Bonchev–Trinajstić information content (AvgIpc) is 2.84. The smallest absolute Gasteiger partial charge is 0.243 e. The maximum absolute atomic E-state index is 13.2. The van der Waals surface area contributed by atoms with Crippen LogP contribution in [0.15, 0.2) is 35.2 Å². The van der Waals surface area contributed by atoms with Crippen molar-refractivity contribution in [3.8, 4) is 11.3 Å². The van der Waals surface area contributed by atoms with Crippen LogP contribution in [0.25, 0.3) is 11.3 Å². The van der Waals surface area contributed by atoms with Crippen LogP contribution in [0.1, 0.15) is 31.2 Å². The molecular weight excluding hydrogens is 426 g/mol. The van der Waals surface area contributed by atoms with Crippen LogP contribution in [0.5, 0.6) is 0 Å². The Labute approximate surface area is 191 Å². The largest absolute Gasteiger partial charge is 0.379 e. The lowest BCUT2D eigenvalue weighted by molar-refractivity contribution is 0.0378. The van der Waals surface area contributed by atoms with Crippen molar-refractivity contribution in [3.63, 3.8) is 0 Å². The van der Waals surface area contributed by atoms with Gasteiger partial charge in [0.05, 0.1) is 23.8 Å². The topological polar surface area (TPSA) is 87.7 Å². The number of anilines is 1. The minimum Gasteiger partial charge on any atom is -0.379 e. The molecule has 0 atom stereocenters. The Hall–Kier alpha value is -2.07. The van der Waals surface area contributed by atoms with Gasteiger partial charge in [0.15, 0.2) is 0 Å². The molecule has 0 aliphatic carbocycles. The van der Waals surface area contributed by atoms with E-state index in [1.165, 1.54) is 0 Å². The number of piperidine rings is 1. The molecule has 0 unspecified atom stereocenters. The predicted octanol–water partition coefficient (Wildman–Crippen LogP) is 2.76. The number of nitrogens with one attached hydrogen (secondary N) is 1. The molecule has 174 valence electrons. The molecule has 2 aliphatic rings. The van der Waals surface area contributed by atoms with Crippen LogP contribution >= 0.6 is 0 Å². The van der Waals surface area contributed by atoms with Crippen molar-refractivity contribution in [1.29, 1.82) is 0 Å². The molecule has 0 saturated carbocycles. The zero-order chi connectivity index (χ0) is 22.4. The fraction of sp³-hybridized carbons (Fsp3) is 0.565. The molecule has 2 fully saturated rings. The first-order valence-electron chi connectivity index (χ1n) is 11.5. The van der Waals surface area contributed by atoms with Crippen LogP contribution in [0.2, 0.25) is 0 Å². The summed E-state index contributed by atoms with van der Waals surface area (Å²) in [5.74, 6) is 0.726. The SMILES string of the molecule is Cc1ccc(-c2ccc(NCCCN3CCOCC3)nn2)cc1S(=O)(=O)N1CCCCC1. The molecule has 32 heavy (non-hydrogen) atoms. The van der Waals surface area contributed by atoms with E-state index in [0.717, 1.165) is 82.0 Å². The zero-order valence-electron chi connectivity index (χ0n) is 18.8. The predicted molar refractivity (Wildman–Crippen MR) is 125 cm³/mol. The molecule has 0 spiro atoms. The highest BCUT2D eigenvalue weighted by Gasteiger charge is 2.27. The van der Waals surface area contributed by atoms with Gasteiger partial charge in [-0.1, -0.05) is 18.6 Å². The molecule has 3 heterocycles. The van der Waals surface area contributed by atoms with Crippen LogP contribution in [-0.2, 0) is 14.8 Å². The summed E-state index contributed by atoms with van der Waals surface area (Å²) in [7, 11) is -3.49. The highest BCUT2D eigenvalue weighted by atomic mass is 32.2. The Morgan fingerprint density at radius 1 is 1.00 bits per heavy atom. The summed E-state index contributed by atoms with van der Waals surface area (Å²) in [5.41, 5.74) is 2.18. The summed E-state index contributed by atoms with van der Waals surface area (Å²) in [6.45, 7) is 8.54. The quantitative estimate of drug-likeness (QED) is 0.607. The van der Waals surface area contributed by atoms with E-state index in [1.807, 2.05) is 31.2 Å². The Bertz CT molecular complexity index is 985. The fourth-order valence-corrected chi connectivity index (χ4v) is 5.97. The number of ether oxygens (including phenoxy) is 1.